The lowest BCUT2D eigenvalue weighted by atomic mass is 10.1. The number of nitrogens with one attached hydrogen (secondary N) is 1. The number of aliphatic hydroxyl groups is 1. The van der Waals surface area contributed by atoms with E-state index in [-0.39, 0.29) is 12.5 Å². The average molecular weight is 460 g/mol. The highest BCUT2D eigenvalue weighted by atomic mass is 16.5. The third kappa shape index (κ3) is 5.42. The lowest BCUT2D eigenvalue weighted by Gasteiger charge is -2.20. The fourth-order valence-electron chi connectivity index (χ4n) is 3.42. The zero-order valence-electron chi connectivity index (χ0n) is 19.1. The Hall–Kier alpha value is -4.16. The summed E-state index contributed by atoms with van der Waals surface area (Å²) in [4.78, 5) is 31.3. The Labute approximate surface area is 197 Å². The van der Waals surface area contributed by atoms with Crippen molar-refractivity contribution in [2.75, 3.05) is 18.6 Å². The highest BCUT2D eigenvalue weighted by molar-refractivity contribution is 6.00. The molecule has 174 valence electrons. The minimum atomic E-state index is -1.13. The molecule has 0 spiro atoms. The highest BCUT2D eigenvalue weighted by Gasteiger charge is 2.31. The molecule has 0 radical (unpaired) electrons. The van der Waals surface area contributed by atoms with E-state index in [1.165, 1.54) is 9.58 Å². The van der Waals surface area contributed by atoms with Crippen LogP contribution in [0.15, 0.2) is 55.1 Å². The molecule has 3 aromatic rings. The minimum absolute atomic E-state index is 0.0260. The van der Waals surface area contributed by atoms with Crippen molar-refractivity contribution in [2.24, 2.45) is 0 Å². The van der Waals surface area contributed by atoms with Gasteiger partial charge < -0.3 is 20.1 Å². The summed E-state index contributed by atoms with van der Waals surface area (Å²) in [6, 6.07) is 7.55. The molecule has 9 heteroatoms. The summed E-state index contributed by atoms with van der Waals surface area (Å²) in [5.74, 6) is 5.82. The van der Waals surface area contributed by atoms with Crippen molar-refractivity contribution in [3.05, 3.63) is 71.8 Å². The SMILES string of the molecule is CN1C(=O)[C@H](NC(=O)n2cc(Cc3ccncc3)cn2)COc2ccc(C#CC(C)(C)O)cc21. The third-order valence-electron chi connectivity index (χ3n) is 5.17. The summed E-state index contributed by atoms with van der Waals surface area (Å²) in [6.07, 6.45) is 7.27. The molecule has 0 fully saturated rings. The number of fused-ring (bicyclic) bond motifs is 1. The third-order valence-corrected chi connectivity index (χ3v) is 5.17. The second-order valence-electron chi connectivity index (χ2n) is 8.53. The van der Waals surface area contributed by atoms with E-state index in [0.29, 0.717) is 23.4 Å². The number of benzene rings is 1. The number of carbonyl (C=O) groups is 2. The van der Waals surface area contributed by atoms with Gasteiger partial charge in [0, 0.05) is 37.6 Å². The van der Waals surface area contributed by atoms with Gasteiger partial charge in [-0.1, -0.05) is 11.8 Å². The van der Waals surface area contributed by atoms with Gasteiger partial charge in [-0.3, -0.25) is 9.78 Å². The van der Waals surface area contributed by atoms with Crippen molar-refractivity contribution in [3.8, 4) is 17.6 Å². The van der Waals surface area contributed by atoms with Gasteiger partial charge in [-0.15, -0.1) is 0 Å². The Morgan fingerprint density at radius 2 is 2.03 bits per heavy atom. The van der Waals surface area contributed by atoms with Crippen LogP contribution in [0.5, 0.6) is 5.75 Å². The molecule has 2 amide bonds. The van der Waals surface area contributed by atoms with Crippen LogP contribution in [-0.2, 0) is 11.2 Å². The Morgan fingerprint density at radius 3 is 2.76 bits per heavy atom. The van der Waals surface area contributed by atoms with E-state index in [1.54, 1.807) is 63.9 Å². The summed E-state index contributed by atoms with van der Waals surface area (Å²) >= 11 is 0. The zero-order chi connectivity index (χ0) is 24.3. The molecule has 0 saturated heterocycles. The molecule has 0 saturated carbocycles. The number of ether oxygens (including phenoxy) is 1. The van der Waals surface area contributed by atoms with E-state index in [1.807, 2.05) is 12.1 Å². The van der Waals surface area contributed by atoms with Gasteiger partial charge in [0.2, 0.25) is 0 Å². The quantitative estimate of drug-likeness (QED) is 0.580. The van der Waals surface area contributed by atoms with Gasteiger partial charge in [-0.2, -0.15) is 9.78 Å². The van der Waals surface area contributed by atoms with Crippen LogP contribution >= 0.6 is 0 Å². The number of hydrogen-bond acceptors (Lipinski definition) is 6. The van der Waals surface area contributed by atoms with Gasteiger partial charge in [0.25, 0.3) is 5.91 Å². The molecule has 0 aliphatic carbocycles. The van der Waals surface area contributed by atoms with Crippen LogP contribution in [0.1, 0.15) is 30.5 Å². The second kappa shape index (κ2) is 9.37. The molecule has 1 aromatic carbocycles. The molecule has 34 heavy (non-hydrogen) atoms. The molecule has 2 N–H and O–H groups in total. The monoisotopic (exact) mass is 459 g/mol. The van der Waals surface area contributed by atoms with E-state index in [0.717, 1.165) is 11.1 Å². The second-order valence-corrected chi connectivity index (χ2v) is 8.53. The lowest BCUT2D eigenvalue weighted by molar-refractivity contribution is -0.120. The molecule has 9 nitrogen and oxygen atoms in total. The number of nitrogens with zero attached hydrogens (tertiary/aromatic N) is 4. The van der Waals surface area contributed by atoms with Crippen LogP contribution in [0.2, 0.25) is 0 Å². The molecule has 1 aliphatic heterocycles. The van der Waals surface area contributed by atoms with Crippen molar-refractivity contribution < 1.29 is 19.4 Å². The topological polar surface area (TPSA) is 110 Å². The Kier molecular flexibility index (Phi) is 6.34. The standard InChI is InChI=1S/C25H25N5O4/c1-25(2,33)9-6-17-4-5-22-21(13-17)29(3)23(31)20(16-34-22)28-24(32)30-15-19(14-27-30)12-18-7-10-26-11-8-18/h4-5,7-8,10-11,13-15,20,33H,12,16H2,1-3H3,(H,28,32)/t20-/m1/s1. The van der Waals surface area contributed by atoms with E-state index in [2.05, 4.69) is 27.2 Å². The fourth-order valence-corrected chi connectivity index (χ4v) is 3.42. The van der Waals surface area contributed by atoms with Crippen molar-refractivity contribution in [3.63, 3.8) is 0 Å². The first-order chi connectivity index (χ1) is 16.2. The van der Waals surface area contributed by atoms with E-state index in [4.69, 9.17) is 4.74 Å². The molecule has 2 aromatic heterocycles. The predicted octanol–water partition coefficient (Wildman–Crippen LogP) is 1.97. The Balaban J connectivity index is 1.46. The van der Waals surface area contributed by atoms with Gasteiger partial charge >= 0.3 is 6.03 Å². The van der Waals surface area contributed by atoms with Crippen molar-refractivity contribution >= 4 is 17.6 Å². The van der Waals surface area contributed by atoms with Gasteiger partial charge in [0.1, 0.15) is 24.0 Å². The van der Waals surface area contributed by atoms with Crippen molar-refractivity contribution in [1.29, 1.82) is 0 Å². The molecule has 0 bridgehead atoms. The molecule has 4 rings (SSSR count). The first kappa shape index (κ1) is 23.0. The molecule has 0 unspecified atom stereocenters. The van der Waals surface area contributed by atoms with E-state index < -0.39 is 17.7 Å². The predicted molar refractivity (Wildman–Crippen MR) is 126 cm³/mol. The largest absolute Gasteiger partial charge is 0.489 e. The maximum absolute atomic E-state index is 13.1. The minimum Gasteiger partial charge on any atom is -0.489 e. The number of aromatic nitrogens is 3. The normalized spacial score (nSPS) is 15.5. The van der Waals surface area contributed by atoms with E-state index in [9.17, 15) is 14.7 Å². The molecule has 1 aliphatic rings. The van der Waals surface area contributed by atoms with Crippen LogP contribution in [0.3, 0.4) is 0 Å². The molecular weight excluding hydrogens is 434 g/mol. The number of carbonyl (C=O) groups excluding carboxylic acids is 2. The summed E-state index contributed by atoms with van der Waals surface area (Å²) in [7, 11) is 1.61. The van der Waals surface area contributed by atoms with E-state index >= 15 is 0 Å². The number of amides is 2. The summed E-state index contributed by atoms with van der Waals surface area (Å²) < 4.78 is 6.99. The lowest BCUT2D eigenvalue weighted by Crippen LogP contribution is -2.50. The number of anilines is 1. The summed E-state index contributed by atoms with van der Waals surface area (Å²) in [5, 5.41) is 16.7. The van der Waals surface area contributed by atoms with Crippen molar-refractivity contribution in [2.45, 2.75) is 31.9 Å². The van der Waals surface area contributed by atoms with Crippen LogP contribution < -0.4 is 15.0 Å². The van der Waals surface area contributed by atoms with Gasteiger partial charge in [0.15, 0.2) is 0 Å². The molecule has 1 atom stereocenters. The first-order valence-electron chi connectivity index (χ1n) is 10.7. The van der Waals surface area contributed by atoms with Gasteiger partial charge in [-0.05, 0) is 55.3 Å². The number of rotatable bonds is 3. The number of pyridine rings is 1. The highest BCUT2D eigenvalue weighted by Crippen LogP contribution is 2.31. The van der Waals surface area contributed by atoms with Crippen LogP contribution in [0.25, 0.3) is 0 Å². The fraction of sp³-hybridized carbons (Fsp3) is 0.280. The summed E-state index contributed by atoms with van der Waals surface area (Å²) in [6.45, 7) is 3.16. The van der Waals surface area contributed by atoms with Crippen LogP contribution in [-0.4, -0.2) is 57.1 Å². The number of hydrogen-bond donors (Lipinski definition) is 2. The maximum atomic E-state index is 13.1. The molecular formula is C25H25N5O4. The molecule has 3 heterocycles. The average Bonchev–Trinajstić information content (AvgIpc) is 3.24. The number of likely N-dealkylation sites (N-methyl/N-ethyl adjacent to an activating group) is 1. The van der Waals surface area contributed by atoms with Gasteiger partial charge in [0.05, 0.1) is 11.9 Å². The maximum Gasteiger partial charge on any atom is 0.342 e. The zero-order valence-corrected chi connectivity index (χ0v) is 19.1. The van der Waals surface area contributed by atoms with Crippen LogP contribution in [0.4, 0.5) is 10.5 Å². The Bertz CT molecular complexity index is 1270. The first-order valence-corrected chi connectivity index (χ1v) is 10.7. The summed E-state index contributed by atoms with van der Waals surface area (Å²) in [5.41, 5.74) is 1.93. The van der Waals surface area contributed by atoms with Gasteiger partial charge in [-0.25, -0.2) is 4.79 Å². The Morgan fingerprint density at radius 1 is 1.26 bits per heavy atom. The smallest absolute Gasteiger partial charge is 0.342 e. The van der Waals surface area contributed by atoms with Crippen LogP contribution in [0, 0.1) is 11.8 Å². The van der Waals surface area contributed by atoms with Crippen molar-refractivity contribution in [1.82, 2.24) is 20.1 Å².